The van der Waals surface area contributed by atoms with Gasteiger partial charge in [-0.2, -0.15) is 4.98 Å². The third-order valence-corrected chi connectivity index (χ3v) is 4.97. The van der Waals surface area contributed by atoms with Crippen molar-refractivity contribution in [2.45, 2.75) is 24.9 Å². The van der Waals surface area contributed by atoms with Crippen LogP contribution in [0.25, 0.3) is 0 Å². The number of carbonyl (C=O) groups is 1. The fraction of sp³-hybridized carbons (Fsp3) is 0.308. The molecular formula is C13H16ClN5OS2. The number of urea groups is 1. The Hall–Kier alpha value is -1.38. The Morgan fingerprint density at radius 2 is 2.09 bits per heavy atom. The van der Waals surface area contributed by atoms with E-state index in [-0.39, 0.29) is 0 Å². The van der Waals surface area contributed by atoms with Gasteiger partial charge in [0.25, 0.3) is 0 Å². The molecule has 0 aliphatic carbocycles. The van der Waals surface area contributed by atoms with Gasteiger partial charge in [-0.15, -0.1) is 5.10 Å². The summed E-state index contributed by atoms with van der Waals surface area (Å²) < 4.78 is 0. The maximum atomic E-state index is 11.8. The minimum Gasteiger partial charge on any atom is -0.308 e. The predicted molar refractivity (Wildman–Crippen MR) is 93.7 cm³/mol. The van der Waals surface area contributed by atoms with Crippen molar-refractivity contribution in [3.63, 3.8) is 0 Å². The van der Waals surface area contributed by atoms with Gasteiger partial charge in [-0.1, -0.05) is 35.7 Å². The van der Waals surface area contributed by atoms with Gasteiger partial charge in [0, 0.05) is 16.5 Å². The number of aromatic nitrogens is 3. The van der Waals surface area contributed by atoms with Crippen molar-refractivity contribution in [2.24, 2.45) is 0 Å². The van der Waals surface area contributed by atoms with Crippen molar-refractivity contribution in [2.75, 3.05) is 16.4 Å². The predicted octanol–water partition coefficient (Wildman–Crippen LogP) is 4.64. The summed E-state index contributed by atoms with van der Waals surface area (Å²) in [6.45, 7) is 2.15. The smallest absolute Gasteiger partial charge is 0.308 e. The summed E-state index contributed by atoms with van der Waals surface area (Å²) in [5.41, 5.74) is 0.645. The molecule has 9 heteroatoms. The van der Waals surface area contributed by atoms with Crippen LogP contribution in [0.1, 0.15) is 19.8 Å². The Balaban J connectivity index is 1.79. The molecular weight excluding hydrogens is 342 g/mol. The molecule has 22 heavy (non-hydrogen) atoms. The first-order valence-electron chi connectivity index (χ1n) is 6.73. The number of rotatable bonds is 7. The molecule has 1 heterocycles. The van der Waals surface area contributed by atoms with Gasteiger partial charge in [0.05, 0.1) is 0 Å². The average molecular weight is 358 g/mol. The highest BCUT2D eigenvalue weighted by molar-refractivity contribution is 8.76. The number of hydrogen-bond donors (Lipinski definition) is 3. The lowest BCUT2D eigenvalue weighted by atomic mass is 10.3. The summed E-state index contributed by atoms with van der Waals surface area (Å²) in [5, 5.41) is 13.2. The van der Waals surface area contributed by atoms with Crippen molar-refractivity contribution >= 4 is 50.9 Å². The second-order valence-corrected chi connectivity index (χ2v) is 7.13. The Morgan fingerprint density at radius 1 is 1.32 bits per heavy atom. The molecule has 0 spiro atoms. The molecule has 0 aliphatic rings. The van der Waals surface area contributed by atoms with E-state index in [1.165, 1.54) is 17.2 Å². The molecule has 0 saturated heterocycles. The summed E-state index contributed by atoms with van der Waals surface area (Å²) in [4.78, 5) is 16.0. The number of H-pyrrole nitrogens is 1. The van der Waals surface area contributed by atoms with Crippen LogP contribution in [0.15, 0.2) is 29.4 Å². The number of anilines is 2. The van der Waals surface area contributed by atoms with Crippen LogP contribution in [-0.2, 0) is 0 Å². The topological polar surface area (TPSA) is 82.7 Å². The lowest BCUT2D eigenvalue weighted by Crippen LogP contribution is -2.20. The summed E-state index contributed by atoms with van der Waals surface area (Å²) in [5.74, 6) is 1.36. The minimum atomic E-state index is -0.395. The number of amides is 2. The SMILES string of the molecule is CCCCSSc1n[nH]c(NC(=O)Nc2ccc(Cl)cc2)n1. The van der Waals surface area contributed by atoms with Gasteiger partial charge in [0.1, 0.15) is 0 Å². The molecule has 118 valence electrons. The second kappa shape index (κ2) is 8.92. The monoisotopic (exact) mass is 357 g/mol. The molecule has 2 aromatic rings. The van der Waals surface area contributed by atoms with Crippen LogP contribution in [-0.4, -0.2) is 27.0 Å². The molecule has 2 amide bonds. The first-order chi connectivity index (χ1) is 10.7. The largest absolute Gasteiger partial charge is 0.326 e. The number of nitrogens with zero attached hydrogens (tertiary/aromatic N) is 2. The number of halogens is 1. The standard InChI is InChI=1S/C13H16ClN5OS2/c1-2-3-8-21-22-13-17-11(18-19-13)16-12(20)15-10-6-4-9(14)5-7-10/h4-7H,2-3,8H2,1H3,(H3,15,16,17,18,19,20). The molecule has 1 aromatic carbocycles. The molecule has 1 aromatic heterocycles. The van der Waals surface area contributed by atoms with Crippen LogP contribution < -0.4 is 10.6 Å². The summed E-state index contributed by atoms with van der Waals surface area (Å²) >= 11 is 5.79. The van der Waals surface area contributed by atoms with Crippen molar-refractivity contribution in [3.8, 4) is 0 Å². The zero-order valence-electron chi connectivity index (χ0n) is 11.9. The molecule has 0 aliphatic heterocycles. The summed E-state index contributed by atoms with van der Waals surface area (Å²) in [6, 6.07) is 6.44. The Morgan fingerprint density at radius 3 is 2.82 bits per heavy atom. The molecule has 0 unspecified atom stereocenters. The van der Waals surface area contributed by atoms with E-state index in [1.54, 1.807) is 35.1 Å². The van der Waals surface area contributed by atoms with Gasteiger partial charge in [0.15, 0.2) is 0 Å². The molecule has 0 bridgehead atoms. The maximum absolute atomic E-state index is 11.8. The zero-order chi connectivity index (χ0) is 15.8. The highest BCUT2D eigenvalue weighted by Gasteiger charge is 2.08. The van der Waals surface area contributed by atoms with E-state index in [2.05, 4.69) is 32.7 Å². The quantitative estimate of drug-likeness (QED) is 0.496. The van der Waals surface area contributed by atoms with Crippen LogP contribution in [0.2, 0.25) is 5.02 Å². The van der Waals surface area contributed by atoms with Crippen LogP contribution >= 0.6 is 33.2 Å². The van der Waals surface area contributed by atoms with Gasteiger partial charge >= 0.3 is 6.03 Å². The van der Waals surface area contributed by atoms with Crippen molar-refractivity contribution < 1.29 is 4.79 Å². The highest BCUT2D eigenvalue weighted by atomic mass is 35.5. The van der Waals surface area contributed by atoms with E-state index in [1.807, 2.05) is 0 Å². The van der Waals surface area contributed by atoms with E-state index >= 15 is 0 Å². The van der Waals surface area contributed by atoms with Crippen molar-refractivity contribution in [3.05, 3.63) is 29.3 Å². The van der Waals surface area contributed by atoms with Gasteiger partial charge in [-0.3, -0.25) is 5.32 Å². The van der Waals surface area contributed by atoms with E-state index in [9.17, 15) is 4.79 Å². The lowest BCUT2D eigenvalue weighted by molar-refractivity contribution is 0.262. The molecule has 0 radical (unpaired) electrons. The summed E-state index contributed by atoms with van der Waals surface area (Å²) in [6.07, 6.45) is 2.33. The van der Waals surface area contributed by atoms with Gasteiger partial charge in [-0.25, -0.2) is 9.89 Å². The number of unbranched alkanes of at least 4 members (excludes halogenated alkanes) is 1. The Bertz CT molecular complexity index is 605. The first kappa shape index (κ1) is 17.0. The number of hydrogen-bond acceptors (Lipinski definition) is 5. The van der Waals surface area contributed by atoms with E-state index in [0.29, 0.717) is 21.8 Å². The third kappa shape index (κ3) is 5.78. The fourth-order valence-corrected chi connectivity index (χ4v) is 3.52. The van der Waals surface area contributed by atoms with Crippen molar-refractivity contribution in [1.82, 2.24) is 15.2 Å². The van der Waals surface area contributed by atoms with Crippen LogP contribution in [0.3, 0.4) is 0 Å². The second-order valence-electron chi connectivity index (χ2n) is 4.31. The normalized spacial score (nSPS) is 10.5. The number of aromatic amines is 1. The molecule has 3 N–H and O–H groups in total. The number of carbonyl (C=O) groups excluding carboxylic acids is 1. The first-order valence-corrected chi connectivity index (χ1v) is 9.42. The van der Waals surface area contributed by atoms with E-state index in [0.717, 1.165) is 12.2 Å². The summed E-state index contributed by atoms with van der Waals surface area (Å²) in [7, 11) is 3.19. The molecule has 2 rings (SSSR count). The van der Waals surface area contributed by atoms with Crippen LogP contribution in [0, 0.1) is 0 Å². The molecule has 0 fully saturated rings. The maximum Gasteiger partial charge on any atom is 0.326 e. The molecule has 0 atom stereocenters. The molecule has 0 saturated carbocycles. The van der Waals surface area contributed by atoms with Crippen LogP contribution in [0.4, 0.5) is 16.4 Å². The van der Waals surface area contributed by atoms with E-state index < -0.39 is 6.03 Å². The highest BCUT2D eigenvalue weighted by Crippen LogP contribution is 2.29. The Kier molecular flexibility index (Phi) is 6.88. The average Bonchev–Trinajstić information content (AvgIpc) is 2.93. The van der Waals surface area contributed by atoms with Gasteiger partial charge in [0.2, 0.25) is 11.1 Å². The fourth-order valence-electron chi connectivity index (χ4n) is 1.44. The minimum absolute atomic E-state index is 0.310. The lowest BCUT2D eigenvalue weighted by Gasteiger charge is -2.04. The number of nitrogens with one attached hydrogen (secondary N) is 3. The van der Waals surface area contributed by atoms with Crippen molar-refractivity contribution in [1.29, 1.82) is 0 Å². The number of benzene rings is 1. The zero-order valence-corrected chi connectivity index (χ0v) is 14.3. The molecule has 6 nitrogen and oxygen atoms in total. The van der Waals surface area contributed by atoms with Gasteiger partial charge in [-0.05, 0) is 41.5 Å². The third-order valence-electron chi connectivity index (χ3n) is 2.51. The van der Waals surface area contributed by atoms with E-state index in [4.69, 9.17) is 11.6 Å². The van der Waals surface area contributed by atoms with Gasteiger partial charge < -0.3 is 5.32 Å². The van der Waals surface area contributed by atoms with Crippen LogP contribution in [0.5, 0.6) is 0 Å². The Labute approximate surface area is 141 Å².